The van der Waals surface area contributed by atoms with Crippen molar-refractivity contribution in [2.75, 3.05) is 5.75 Å². The highest BCUT2D eigenvalue weighted by molar-refractivity contribution is 7.99. The maximum absolute atomic E-state index is 13.4. The number of nitrogens with zero attached hydrogens (tertiary/aromatic N) is 1. The molecule has 1 saturated carbocycles. The fraction of sp³-hybridized carbons (Fsp3) is 0.462. The zero-order valence-electron chi connectivity index (χ0n) is 19.4. The number of benzene rings is 2. The van der Waals surface area contributed by atoms with Crippen LogP contribution in [0, 0.1) is 0 Å². The van der Waals surface area contributed by atoms with Crippen LogP contribution in [0.5, 0.6) is 0 Å². The van der Waals surface area contributed by atoms with Crippen LogP contribution in [0.2, 0.25) is 15.1 Å². The molecule has 2 amide bonds. The van der Waals surface area contributed by atoms with Gasteiger partial charge in [0.25, 0.3) is 0 Å². The third-order valence-corrected chi connectivity index (χ3v) is 8.19. The number of rotatable bonds is 10. The van der Waals surface area contributed by atoms with E-state index in [1.807, 2.05) is 25.1 Å². The van der Waals surface area contributed by atoms with Crippen LogP contribution in [0.25, 0.3) is 0 Å². The summed E-state index contributed by atoms with van der Waals surface area (Å²) in [6.45, 7) is 2.22. The minimum absolute atomic E-state index is 0.0889. The van der Waals surface area contributed by atoms with Crippen molar-refractivity contribution in [3.63, 3.8) is 0 Å². The van der Waals surface area contributed by atoms with Gasteiger partial charge in [-0.15, -0.1) is 11.8 Å². The smallest absolute Gasteiger partial charge is 0.243 e. The van der Waals surface area contributed by atoms with Gasteiger partial charge in [0, 0.05) is 33.4 Å². The Kier molecular flexibility index (Phi) is 10.9. The first-order valence-corrected chi connectivity index (χ1v) is 14.0. The van der Waals surface area contributed by atoms with Crippen molar-refractivity contribution in [1.29, 1.82) is 0 Å². The van der Waals surface area contributed by atoms with Crippen molar-refractivity contribution >= 4 is 58.4 Å². The van der Waals surface area contributed by atoms with Crippen molar-refractivity contribution in [2.24, 2.45) is 0 Å². The summed E-state index contributed by atoms with van der Waals surface area (Å²) in [5.74, 6) is 0.516. The number of nitrogens with one attached hydrogen (secondary N) is 1. The zero-order chi connectivity index (χ0) is 24.5. The minimum Gasteiger partial charge on any atom is -0.352 e. The molecule has 3 rings (SSSR count). The van der Waals surface area contributed by atoms with Gasteiger partial charge in [0.1, 0.15) is 6.04 Å². The third-order valence-electron chi connectivity index (χ3n) is 6.17. The van der Waals surface area contributed by atoms with E-state index >= 15 is 0 Å². The van der Waals surface area contributed by atoms with Crippen LogP contribution in [0.1, 0.15) is 56.6 Å². The molecule has 0 bridgehead atoms. The average molecular weight is 542 g/mol. The molecule has 184 valence electrons. The molecule has 2 aromatic rings. The molecule has 1 atom stereocenters. The Labute approximate surface area is 221 Å². The molecule has 0 aromatic heterocycles. The minimum atomic E-state index is -0.560. The molecule has 1 fully saturated rings. The second-order valence-corrected chi connectivity index (χ2v) is 10.8. The standard InChI is InChI=1S/C26H31Cl3N2O2S/c1-2-24(26(33)30-19-10-4-3-5-11-19)31(15-18-9-6-7-12-21(18)27)25(32)17-34-16-20-22(28)13-8-14-23(20)29/h6-9,12-14,19,24H,2-5,10-11,15-17H2,1H3,(H,30,33)/t24-/m1/s1. The number of halogens is 3. The van der Waals surface area contributed by atoms with Gasteiger partial charge >= 0.3 is 0 Å². The van der Waals surface area contributed by atoms with Crippen LogP contribution in [-0.4, -0.2) is 34.6 Å². The van der Waals surface area contributed by atoms with Crippen molar-refractivity contribution in [3.05, 3.63) is 68.7 Å². The number of carbonyl (C=O) groups is 2. The summed E-state index contributed by atoms with van der Waals surface area (Å²) in [6, 6.07) is 12.4. The quantitative estimate of drug-likeness (QED) is 0.348. The molecule has 34 heavy (non-hydrogen) atoms. The number of carbonyl (C=O) groups excluding carboxylic acids is 2. The Bertz CT molecular complexity index is 962. The van der Waals surface area contributed by atoms with E-state index in [1.54, 1.807) is 29.2 Å². The first-order chi connectivity index (χ1) is 16.4. The Morgan fingerprint density at radius 1 is 1.00 bits per heavy atom. The number of hydrogen-bond acceptors (Lipinski definition) is 3. The van der Waals surface area contributed by atoms with E-state index in [4.69, 9.17) is 34.8 Å². The molecule has 0 saturated heterocycles. The maximum Gasteiger partial charge on any atom is 0.243 e. The number of hydrogen-bond donors (Lipinski definition) is 1. The topological polar surface area (TPSA) is 49.4 Å². The SMILES string of the molecule is CC[C@H](C(=O)NC1CCCCC1)N(Cc1ccccc1Cl)C(=O)CSCc1c(Cl)cccc1Cl. The summed E-state index contributed by atoms with van der Waals surface area (Å²) >= 11 is 20.4. The summed E-state index contributed by atoms with van der Waals surface area (Å²) < 4.78 is 0. The van der Waals surface area contributed by atoms with E-state index in [2.05, 4.69) is 5.32 Å². The molecule has 4 nitrogen and oxygen atoms in total. The number of thioether (sulfide) groups is 1. The first kappa shape index (κ1) is 27.2. The normalized spacial score (nSPS) is 15.1. The van der Waals surface area contributed by atoms with E-state index in [0.717, 1.165) is 36.8 Å². The molecule has 0 unspecified atom stereocenters. The van der Waals surface area contributed by atoms with Gasteiger partial charge in [-0.05, 0) is 48.6 Å². The van der Waals surface area contributed by atoms with Gasteiger partial charge in [-0.2, -0.15) is 0 Å². The van der Waals surface area contributed by atoms with Crippen LogP contribution in [-0.2, 0) is 21.9 Å². The van der Waals surface area contributed by atoms with Gasteiger partial charge in [0.2, 0.25) is 11.8 Å². The van der Waals surface area contributed by atoms with Crippen LogP contribution in [0.15, 0.2) is 42.5 Å². The highest BCUT2D eigenvalue weighted by atomic mass is 35.5. The zero-order valence-corrected chi connectivity index (χ0v) is 22.5. The summed E-state index contributed by atoms with van der Waals surface area (Å²) in [5.41, 5.74) is 1.63. The average Bonchev–Trinajstić information content (AvgIpc) is 2.82. The monoisotopic (exact) mass is 540 g/mol. The van der Waals surface area contributed by atoms with E-state index < -0.39 is 6.04 Å². The van der Waals surface area contributed by atoms with Gasteiger partial charge < -0.3 is 10.2 Å². The maximum atomic E-state index is 13.4. The van der Waals surface area contributed by atoms with Gasteiger partial charge in [0.15, 0.2) is 0 Å². The van der Waals surface area contributed by atoms with E-state index in [-0.39, 0.29) is 30.2 Å². The molecule has 0 spiro atoms. The summed E-state index contributed by atoms with van der Waals surface area (Å²) in [5, 5.41) is 4.94. The Morgan fingerprint density at radius 2 is 1.65 bits per heavy atom. The van der Waals surface area contributed by atoms with Crippen LogP contribution in [0.3, 0.4) is 0 Å². The lowest BCUT2D eigenvalue weighted by Gasteiger charge is -2.33. The fourth-order valence-electron chi connectivity index (χ4n) is 4.27. The largest absolute Gasteiger partial charge is 0.352 e. The predicted octanol–water partition coefficient (Wildman–Crippen LogP) is 7.14. The van der Waals surface area contributed by atoms with Gasteiger partial charge in [-0.3, -0.25) is 9.59 Å². The number of amides is 2. The molecule has 0 aliphatic heterocycles. The molecule has 0 heterocycles. The molecule has 8 heteroatoms. The Morgan fingerprint density at radius 3 is 2.29 bits per heavy atom. The highest BCUT2D eigenvalue weighted by Crippen LogP contribution is 2.29. The van der Waals surface area contributed by atoms with Crippen molar-refractivity contribution in [2.45, 2.75) is 69.8 Å². The van der Waals surface area contributed by atoms with Crippen molar-refractivity contribution < 1.29 is 9.59 Å². The fourth-order valence-corrected chi connectivity index (χ4v) is 6.11. The van der Waals surface area contributed by atoms with E-state index in [1.165, 1.54) is 18.2 Å². The Balaban J connectivity index is 1.73. The molecular formula is C26H31Cl3N2O2S. The van der Waals surface area contributed by atoms with Crippen molar-refractivity contribution in [1.82, 2.24) is 10.2 Å². The first-order valence-electron chi connectivity index (χ1n) is 11.7. The summed E-state index contributed by atoms with van der Waals surface area (Å²) in [4.78, 5) is 28.4. The van der Waals surface area contributed by atoms with Gasteiger partial charge in [-0.25, -0.2) is 0 Å². The molecule has 0 radical (unpaired) electrons. The third kappa shape index (κ3) is 7.55. The molecule has 2 aromatic carbocycles. The second-order valence-electron chi connectivity index (χ2n) is 8.57. The van der Waals surface area contributed by atoms with Crippen LogP contribution < -0.4 is 5.32 Å². The second kappa shape index (κ2) is 13.6. The van der Waals surface area contributed by atoms with Crippen molar-refractivity contribution in [3.8, 4) is 0 Å². The lowest BCUT2D eigenvalue weighted by molar-refractivity contribution is -0.139. The predicted molar refractivity (Wildman–Crippen MR) is 144 cm³/mol. The van der Waals surface area contributed by atoms with E-state index in [9.17, 15) is 9.59 Å². The summed E-state index contributed by atoms with van der Waals surface area (Å²) in [6.07, 6.45) is 5.99. The van der Waals surface area contributed by atoms with Crippen LogP contribution in [0.4, 0.5) is 0 Å². The lowest BCUT2D eigenvalue weighted by Crippen LogP contribution is -2.52. The lowest BCUT2D eigenvalue weighted by atomic mass is 9.95. The highest BCUT2D eigenvalue weighted by Gasteiger charge is 2.30. The molecular weight excluding hydrogens is 511 g/mol. The van der Waals surface area contributed by atoms with E-state index in [0.29, 0.717) is 27.2 Å². The molecule has 1 aliphatic rings. The van der Waals surface area contributed by atoms with Crippen LogP contribution >= 0.6 is 46.6 Å². The van der Waals surface area contributed by atoms with Gasteiger partial charge in [-0.1, -0.05) is 85.3 Å². The van der Waals surface area contributed by atoms with Gasteiger partial charge in [0.05, 0.1) is 5.75 Å². The molecule has 1 N–H and O–H groups in total. The Hall–Kier alpha value is -1.40. The molecule has 1 aliphatic carbocycles. The summed E-state index contributed by atoms with van der Waals surface area (Å²) in [7, 11) is 0.